The first-order chi connectivity index (χ1) is 14.7. The summed E-state index contributed by atoms with van der Waals surface area (Å²) < 4.78 is 10.1. The quantitative estimate of drug-likeness (QED) is 0.476. The smallest absolute Gasteiger partial charge is 0.329 e. The summed E-state index contributed by atoms with van der Waals surface area (Å²) in [7, 11) is 1.53. The number of benzene rings is 1. The summed E-state index contributed by atoms with van der Waals surface area (Å²) in [6.45, 7) is 5.71. The molecule has 31 heavy (non-hydrogen) atoms. The van der Waals surface area contributed by atoms with Crippen molar-refractivity contribution in [2.24, 2.45) is 7.05 Å². The van der Waals surface area contributed by atoms with Crippen molar-refractivity contribution in [3.8, 4) is 11.7 Å². The van der Waals surface area contributed by atoms with Gasteiger partial charge in [-0.1, -0.05) is 12.1 Å². The molecule has 4 aromatic rings. The Balaban J connectivity index is 1.75. The zero-order valence-electron chi connectivity index (χ0n) is 17.8. The maximum absolute atomic E-state index is 12.6. The number of aromatic nitrogens is 6. The van der Waals surface area contributed by atoms with Crippen molar-refractivity contribution >= 4 is 11.2 Å². The first-order valence-corrected chi connectivity index (χ1v) is 9.85. The van der Waals surface area contributed by atoms with Crippen LogP contribution >= 0.6 is 0 Å². The molecule has 0 amide bonds. The third-order valence-electron chi connectivity index (χ3n) is 5.01. The van der Waals surface area contributed by atoms with E-state index < -0.39 is 17.4 Å². The van der Waals surface area contributed by atoms with Crippen LogP contribution in [0, 0.1) is 20.8 Å². The molecule has 3 heterocycles. The molecule has 2 N–H and O–H groups in total. The highest BCUT2D eigenvalue weighted by molar-refractivity contribution is 5.72. The molecule has 0 spiro atoms. The highest BCUT2D eigenvalue weighted by Crippen LogP contribution is 2.18. The van der Waals surface area contributed by atoms with Gasteiger partial charge in [0, 0.05) is 12.7 Å². The number of aromatic amines is 1. The molecular weight excluding hydrogens is 400 g/mol. The maximum Gasteiger partial charge on any atom is 0.329 e. The van der Waals surface area contributed by atoms with E-state index in [1.165, 1.54) is 11.6 Å². The normalized spacial score (nSPS) is 12.4. The van der Waals surface area contributed by atoms with Crippen molar-refractivity contribution in [2.45, 2.75) is 33.4 Å². The Morgan fingerprint density at radius 2 is 1.97 bits per heavy atom. The van der Waals surface area contributed by atoms with Gasteiger partial charge in [-0.25, -0.2) is 9.48 Å². The van der Waals surface area contributed by atoms with E-state index in [0.717, 1.165) is 17.0 Å². The van der Waals surface area contributed by atoms with Crippen LogP contribution in [-0.4, -0.2) is 46.7 Å². The number of imidazole rings is 1. The first-order valence-electron chi connectivity index (χ1n) is 9.85. The lowest BCUT2D eigenvalue weighted by Gasteiger charge is -2.16. The average molecular weight is 424 g/mol. The lowest BCUT2D eigenvalue weighted by atomic mass is 10.2. The molecule has 10 heteroatoms. The molecule has 1 atom stereocenters. The maximum atomic E-state index is 12.6. The fourth-order valence-corrected chi connectivity index (χ4v) is 3.55. The Morgan fingerprint density at radius 1 is 1.19 bits per heavy atom. The molecule has 0 aliphatic carbocycles. The highest BCUT2D eigenvalue weighted by atomic mass is 16.5. The number of hydrogen-bond donors (Lipinski definition) is 2. The van der Waals surface area contributed by atoms with Gasteiger partial charge in [-0.15, -0.1) is 0 Å². The average Bonchev–Trinajstić information content (AvgIpc) is 3.24. The number of ether oxygens (including phenoxy) is 1. The molecule has 0 radical (unpaired) electrons. The fraction of sp³-hybridized carbons (Fsp3) is 0.333. The van der Waals surface area contributed by atoms with Crippen LogP contribution < -0.4 is 16.0 Å². The second-order valence-electron chi connectivity index (χ2n) is 7.63. The van der Waals surface area contributed by atoms with Crippen LogP contribution in [0.15, 0.2) is 39.9 Å². The van der Waals surface area contributed by atoms with Crippen LogP contribution in [0.2, 0.25) is 0 Å². The molecule has 3 aromatic heterocycles. The monoisotopic (exact) mass is 424 g/mol. The Labute approximate surface area is 177 Å². The van der Waals surface area contributed by atoms with Gasteiger partial charge < -0.3 is 9.84 Å². The first kappa shape index (κ1) is 20.6. The van der Waals surface area contributed by atoms with Crippen molar-refractivity contribution in [3.63, 3.8) is 0 Å². The van der Waals surface area contributed by atoms with Gasteiger partial charge in [-0.05, 0) is 44.5 Å². The Bertz CT molecular complexity index is 1380. The van der Waals surface area contributed by atoms with Crippen molar-refractivity contribution < 1.29 is 9.84 Å². The summed E-state index contributed by atoms with van der Waals surface area (Å²) in [4.78, 5) is 31.5. The minimum absolute atomic E-state index is 0.0172. The number of hydrogen-bond acceptors (Lipinski definition) is 6. The molecule has 0 saturated carbocycles. The van der Waals surface area contributed by atoms with Crippen molar-refractivity contribution in [3.05, 3.63) is 68.1 Å². The van der Waals surface area contributed by atoms with Gasteiger partial charge in [0.2, 0.25) is 5.95 Å². The molecular formula is C21H24N6O4. The number of nitrogens with one attached hydrogen (secondary N) is 1. The van der Waals surface area contributed by atoms with Gasteiger partial charge in [-0.2, -0.15) is 10.1 Å². The third kappa shape index (κ3) is 3.89. The zero-order chi connectivity index (χ0) is 22.3. The van der Waals surface area contributed by atoms with E-state index in [2.05, 4.69) is 15.1 Å². The van der Waals surface area contributed by atoms with Crippen molar-refractivity contribution in [1.29, 1.82) is 0 Å². The minimum Gasteiger partial charge on any atom is -0.491 e. The predicted molar refractivity (Wildman–Crippen MR) is 115 cm³/mol. The van der Waals surface area contributed by atoms with Crippen molar-refractivity contribution in [1.82, 2.24) is 28.9 Å². The Morgan fingerprint density at radius 3 is 2.65 bits per heavy atom. The molecule has 10 nitrogen and oxygen atoms in total. The summed E-state index contributed by atoms with van der Waals surface area (Å²) in [5, 5.41) is 15.1. The minimum atomic E-state index is -0.940. The van der Waals surface area contributed by atoms with E-state index in [9.17, 15) is 14.7 Å². The SMILES string of the molecule is Cc1cccc(OC[C@H](O)Cn2c(-n3nc(C)cc3C)nc3c2c(=O)[nH]c(=O)n3C)c1. The molecule has 0 fully saturated rings. The van der Waals surface area contributed by atoms with Crippen LogP contribution in [0.25, 0.3) is 17.1 Å². The highest BCUT2D eigenvalue weighted by Gasteiger charge is 2.22. The largest absolute Gasteiger partial charge is 0.491 e. The second-order valence-corrected chi connectivity index (χ2v) is 7.63. The van der Waals surface area contributed by atoms with Gasteiger partial charge in [0.05, 0.1) is 12.2 Å². The van der Waals surface area contributed by atoms with Crippen molar-refractivity contribution in [2.75, 3.05) is 6.61 Å². The number of aliphatic hydroxyl groups is 1. The van der Waals surface area contributed by atoms with Crippen LogP contribution in [0.3, 0.4) is 0 Å². The van der Waals surface area contributed by atoms with Gasteiger partial charge in [-0.3, -0.25) is 18.9 Å². The van der Waals surface area contributed by atoms with Gasteiger partial charge in [0.25, 0.3) is 5.56 Å². The van der Waals surface area contributed by atoms with Gasteiger partial charge >= 0.3 is 5.69 Å². The number of H-pyrrole nitrogens is 1. The number of aryl methyl sites for hydroxylation is 4. The van der Waals surface area contributed by atoms with E-state index in [1.54, 1.807) is 9.25 Å². The van der Waals surface area contributed by atoms with Crippen LogP contribution in [0.1, 0.15) is 17.0 Å². The lowest BCUT2D eigenvalue weighted by molar-refractivity contribution is 0.0932. The Kier molecular flexibility index (Phi) is 5.24. The van der Waals surface area contributed by atoms with E-state index in [1.807, 2.05) is 51.1 Å². The van der Waals surface area contributed by atoms with Crippen LogP contribution in [0.4, 0.5) is 0 Å². The summed E-state index contributed by atoms with van der Waals surface area (Å²) >= 11 is 0. The number of nitrogens with zero attached hydrogens (tertiary/aromatic N) is 5. The van der Waals surface area contributed by atoms with Crippen LogP contribution in [-0.2, 0) is 13.6 Å². The molecule has 0 unspecified atom stereocenters. The molecule has 162 valence electrons. The predicted octanol–water partition coefficient (Wildman–Crippen LogP) is 0.974. The van der Waals surface area contributed by atoms with E-state index in [4.69, 9.17) is 4.74 Å². The standard InChI is InChI=1S/C21H24N6O4/c1-12-6-5-7-16(8-12)31-11-15(28)10-26-17-18(25(4)21(30)23-19(17)29)22-20(26)27-14(3)9-13(2)24-27/h5-9,15,28H,10-11H2,1-4H3,(H,23,29,30)/t15-/m1/s1. The van der Waals surface area contributed by atoms with E-state index >= 15 is 0 Å². The lowest BCUT2D eigenvalue weighted by Crippen LogP contribution is -2.31. The topological polar surface area (TPSA) is 120 Å². The molecule has 4 rings (SSSR count). The third-order valence-corrected chi connectivity index (χ3v) is 5.01. The number of fused-ring (bicyclic) bond motifs is 1. The summed E-state index contributed by atoms with van der Waals surface area (Å²) in [5.74, 6) is 0.982. The summed E-state index contributed by atoms with van der Waals surface area (Å²) in [5.41, 5.74) is 1.88. The molecule has 0 saturated heterocycles. The van der Waals surface area contributed by atoms with E-state index in [-0.39, 0.29) is 24.3 Å². The number of aliphatic hydroxyl groups excluding tert-OH is 1. The molecule has 1 aromatic carbocycles. The second kappa shape index (κ2) is 7.88. The molecule has 0 bridgehead atoms. The molecule has 0 aliphatic rings. The van der Waals surface area contributed by atoms with Crippen LogP contribution in [0.5, 0.6) is 5.75 Å². The number of rotatable bonds is 6. The fourth-order valence-electron chi connectivity index (χ4n) is 3.55. The summed E-state index contributed by atoms with van der Waals surface area (Å²) in [6.07, 6.45) is -0.940. The van der Waals surface area contributed by atoms with E-state index in [0.29, 0.717) is 11.7 Å². The Hall–Kier alpha value is -3.66. The van der Waals surface area contributed by atoms with Gasteiger partial charge in [0.1, 0.15) is 18.5 Å². The van der Waals surface area contributed by atoms with Gasteiger partial charge in [0.15, 0.2) is 11.2 Å². The molecule has 0 aliphatic heterocycles. The zero-order valence-corrected chi connectivity index (χ0v) is 17.8. The summed E-state index contributed by atoms with van der Waals surface area (Å²) in [6, 6.07) is 9.40.